The molecule has 0 spiro atoms. The molecular formula is C32H26N4O6. The molecule has 0 N–H and O–H groups in total. The van der Waals surface area contributed by atoms with Gasteiger partial charge in [0.1, 0.15) is 11.5 Å². The predicted molar refractivity (Wildman–Crippen MR) is 162 cm³/mol. The van der Waals surface area contributed by atoms with Crippen molar-refractivity contribution in [2.75, 3.05) is 24.0 Å². The Bertz CT molecular complexity index is 1540. The van der Waals surface area contributed by atoms with Gasteiger partial charge in [-0.25, -0.2) is 0 Å². The van der Waals surface area contributed by atoms with E-state index in [1.54, 1.807) is 38.5 Å². The van der Waals surface area contributed by atoms with Crippen molar-refractivity contribution in [1.29, 1.82) is 0 Å². The van der Waals surface area contributed by atoms with Gasteiger partial charge in [0.25, 0.3) is 11.4 Å². The first kappa shape index (κ1) is 27.7. The van der Waals surface area contributed by atoms with E-state index >= 15 is 0 Å². The van der Waals surface area contributed by atoms with Crippen LogP contribution in [0, 0.1) is 20.2 Å². The highest BCUT2D eigenvalue weighted by atomic mass is 16.6. The number of non-ortho nitro benzene ring substituents is 2. The van der Waals surface area contributed by atoms with Crippen LogP contribution in [0.1, 0.15) is 0 Å². The minimum atomic E-state index is -0.428. The van der Waals surface area contributed by atoms with Crippen LogP contribution in [0.2, 0.25) is 0 Å². The number of nitro groups is 2. The lowest BCUT2D eigenvalue weighted by molar-refractivity contribution is -0.385. The molecule has 0 radical (unpaired) electrons. The normalized spacial score (nSPS) is 10.5. The lowest BCUT2D eigenvalue weighted by Crippen LogP contribution is -2.12. The minimum Gasteiger partial charge on any atom is -0.497 e. The maximum atomic E-state index is 11.2. The second kappa shape index (κ2) is 12.1. The maximum Gasteiger partial charge on any atom is 0.269 e. The van der Waals surface area contributed by atoms with Crippen LogP contribution in [-0.4, -0.2) is 24.1 Å². The summed E-state index contributed by atoms with van der Waals surface area (Å²) in [6, 6.07) is 35.5. The number of benzene rings is 5. The monoisotopic (exact) mass is 562 g/mol. The number of methoxy groups -OCH3 is 2. The zero-order chi connectivity index (χ0) is 29.6. The number of anilines is 6. The van der Waals surface area contributed by atoms with E-state index < -0.39 is 9.85 Å². The summed E-state index contributed by atoms with van der Waals surface area (Å²) >= 11 is 0. The molecule has 5 aromatic rings. The summed E-state index contributed by atoms with van der Waals surface area (Å²) in [5, 5.41) is 22.5. The topological polar surface area (TPSA) is 111 Å². The molecule has 0 atom stereocenters. The van der Waals surface area contributed by atoms with Gasteiger partial charge in [-0.3, -0.25) is 20.2 Å². The standard InChI is InChI=1S/C32H26N4O6/c1-41-31-19-15-27(16-20-31)33(25-7-11-29(12-8-25)35(37)38)23-3-5-24(6-4-23)34(28-17-21-32(42-2)22-18-28)26-9-13-30(14-10-26)36(39)40/h3-22H,1-2H3. The Labute approximate surface area is 241 Å². The number of hydrogen-bond acceptors (Lipinski definition) is 8. The number of rotatable bonds is 10. The Morgan fingerprint density at radius 2 is 0.643 bits per heavy atom. The highest BCUT2D eigenvalue weighted by Crippen LogP contribution is 2.40. The first-order valence-corrected chi connectivity index (χ1v) is 12.9. The smallest absolute Gasteiger partial charge is 0.269 e. The van der Waals surface area contributed by atoms with Gasteiger partial charge in [0, 0.05) is 58.4 Å². The minimum absolute atomic E-state index is 0.00186. The highest BCUT2D eigenvalue weighted by molar-refractivity contribution is 5.81. The molecular weight excluding hydrogens is 536 g/mol. The predicted octanol–water partition coefficient (Wildman–Crippen LogP) is 8.46. The summed E-state index contributed by atoms with van der Waals surface area (Å²) in [6.45, 7) is 0. The number of hydrogen-bond donors (Lipinski definition) is 0. The van der Waals surface area contributed by atoms with Gasteiger partial charge in [0.15, 0.2) is 0 Å². The zero-order valence-electron chi connectivity index (χ0n) is 22.8. The molecule has 0 saturated carbocycles. The van der Waals surface area contributed by atoms with Crippen LogP contribution < -0.4 is 19.3 Å². The van der Waals surface area contributed by atoms with E-state index in [0.717, 1.165) is 34.1 Å². The van der Waals surface area contributed by atoms with E-state index in [-0.39, 0.29) is 11.4 Å². The molecule has 0 unspecified atom stereocenters. The van der Waals surface area contributed by atoms with E-state index in [0.29, 0.717) is 11.5 Å². The lowest BCUT2D eigenvalue weighted by atomic mass is 10.1. The van der Waals surface area contributed by atoms with Crippen molar-refractivity contribution in [3.8, 4) is 11.5 Å². The van der Waals surface area contributed by atoms with E-state index in [1.165, 1.54) is 24.3 Å². The van der Waals surface area contributed by atoms with Crippen molar-refractivity contribution in [3.63, 3.8) is 0 Å². The highest BCUT2D eigenvalue weighted by Gasteiger charge is 2.18. The van der Waals surface area contributed by atoms with Gasteiger partial charge < -0.3 is 19.3 Å². The molecule has 0 heterocycles. The van der Waals surface area contributed by atoms with Crippen LogP contribution in [0.15, 0.2) is 121 Å². The SMILES string of the molecule is COc1ccc(N(c2ccc(N(c3ccc(OC)cc3)c3ccc([N+](=O)[O-])cc3)cc2)c2ccc([N+](=O)[O-])cc2)cc1. The van der Waals surface area contributed by atoms with Crippen LogP contribution >= 0.6 is 0 Å². The van der Waals surface area contributed by atoms with E-state index in [9.17, 15) is 20.2 Å². The van der Waals surface area contributed by atoms with Gasteiger partial charge in [-0.2, -0.15) is 0 Å². The molecule has 0 saturated heterocycles. The Morgan fingerprint density at radius 3 is 0.857 bits per heavy atom. The van der Waals surface area contributed by atoms with Crippen molar-refractivity contribution in [2.24, 2.45) is 0 Å². The number of nitrogens with zero attached hydrogens (tertiary/aromatic N) is 4. The molecule has 42 heavy (non-hydrogen) atoms. The van der Waals surface area contributed by atoms with Crippen LogP contribution in [0.25, 0.3) is 0 Å². The number of nitro benzene ring substituents is 2. The van der Waals surface area contributed by atoms with Gasteiger partial charge in [-0.15, -0.1) is 0 Å². The molecule has 210 valence electrons. The molecule has 10 heteroatoms. The van der Waals surface area contributed by atoms with Crippen molar-refractivity contribution in [1.82, 2.24) is 0 Å². The maximum absolute atomic E-state index is 11.2. The van der Waals surface area contributed by atoms with Gasteiger partial charge in [0.2, 0.25) is 0 Å². The second-order valence-electron chi connectivity index (χ2n) is 9.13. The quantitative estimate of drug-likeness (QED) is 0.123. The summed E-state index contributed by atoms with van der Waals surface area (Å²) in [7, 11) is 3.20. The molecule has 0 amide bonds. The van der Waals surface area contributed by atoms with Crippen LogP contribution in [0.5, 0.6) is 11.5 Å². The van der Waals surface area contributed by atoms with Crippen molar-refractivity contribution >= 4 is 45.5 Å². The van der Waals surface area contributed by atoms with E-state index in [1.807, 2.05) is 82.6 Å². The van der Waals surface area contributed by atoms with Crippen molar-refractivity contribution in [3.05, 3.63) is 142 Å². The first-order chi connectivity index (χ1) is 20.4. The Kier molecular flexibility index (Phi) is 7.96. The lowest BCUT2D eigenvalue weighted by Gasteiger charge is -2.28. The first-order valence-electron chi connectivity index (χ1n) is 12.9. The zero-order valence-corrected chi connectivity index (χ0v) is 22.8. The molecule has 0 aliphatic heterocycles. The van der Waals surface area contributed by atoms with Crippen LogP contribution in [0.3, 0.4) is 0 Å². The Hall–Kier alpha value is -5.90. The largest absolute Gasteiger partial charge is 0.497 e. The fourth-order valence-corrected chi connectivity index (χ4v) is 4.55. The molecule has 10 nitrogen and oxygen atoms in total. The van der Waals surface area contributed by atoms with Gasteiger partial charge in [-0.1, -0.05) is 0 Å². The third-order valence-electron chi connectivity index (χ3n) is 6.66. The second-order valence-corrected chi connectivity index (χ2v) is 9.13. The molecule has 0 aliphatic carbocycles. The average Bonchev–Trinajstić information content (AvgIpc) is 3.03. The summed E-state index contributed by atoms with van der Waals surface area (Å²) < 4.78 is 10.6. The van der Waals surface area contributed by atoms with E-state index in [2.05, 4.69) is 0 Å². The summed E-state index contributed by atoms with van der Waals surface area (Å²) in [6.07, 6.45) is 0. The van der Waals surface area contributed by atoms with Gasteiger partial charge in [0.05, 0.1) is 24.1 Å². The number of ether oxygens (including phenoxy) is 2. The molecule has 0 aromatic heterocycles. The summed E-state index contributed by atoms with van der Waals surface area (Å²) in [5.41, 5.74) is 4.78. The Balaban J connectivity index is 1.57. The molecule has 0 fully saturated rings. The molecule has 5 aromatic carbocycles. The third-order valence-corrected chi connectivity index (χ3v) is 6.66. The fraction of sp³-hybridized carbons (Fsp3) is 0.0625. The van der Waals surface area contributed by atoms with Crippen molar-refractivity contribution in [2.45, 2.75) is 0 Å². The molecule has 0 aliphatic rings. The molecule has 5 rings (SSSR count). The summed E-state index contributed by atoms with van der Waals surface area (Å²) in [5.74, 6) is 1.41. The average molecular weight is 563 g/mol. The Morgan fingerprint density at radius 1 is 0.429 bits per heavy atom. The molecule has 0 bridgehead atoms. The van der Waals surface area contributed by atoms with Crippen LogP contribution in [0.4, 0.5) is 45.5 Å². The fourth-order valence-electron chi connectivity index (χ4n) is 4.55. The third kappa shape index (κ3) is 5.82. The summed E-state index contributed by atoms with van der Waals surface area (Å²) in [4.78, 5) is 25.6. The van der Waals surface area contributed by atoms with E-state index in [4.69, 9.17) is 9.47 Å². The van der Waals surface area contributed by atoms with Gasteiger partial charge in [-0.05, 0) is 97.1 Å². The van der Waals surface area contributed by atoms with Crippen molar-refractivity contribution < 1.29 is 19.3 Å². The van der Waals surface area contributed by atoms with Gasteiger partial charge >= 0.3 is 0 Å². The van der Waals surface area contributed by atoms with Crippen LogP contribution in [-0.2, 0) is 0 Å².